The largest absolute Gasteiger partial charge is 0.454 e. The fraction of sp³-hybridized carbons (Fsp3) is 0.182. The Hall–Kier alpha value is -4.36. The number of imidazole rings is 1. The van der Waals surface area contributed by atoms with Crippen LogP contribution >= 0.6 is 0 Å². The second-order valence-electron chi connectivity index (χ2n) is 7.36. The highest BCUT2D eigenvalue weighted by molar-refractivity contribution is 5.56. The maximum absolute atomic E-state index is 13.0. The third kappa shape index (κ3) is 6.84. The number of ether oxygens (including phenoxy) is 1. The van der Waals surface area contributed by atoms with Crippen molar-refractivity contribution >= 4 is 17.6 Å². The highest BCUT2D eigenvalue weighted by Crippen LogP contribution is 2.31. The van der Waals surface area contributed by atoms with Gasteiger partial charge in [0, 0.05) is 30.3 Å². The van der Waals surface area contributed by atoms with Gasteiger partial charge in [0.25, 0.3) is 0 Å². The SMILES string of the molecule is FC(F)(F)COc1nc(NCc2ccc(-n3ccnc3)cc2)nc(Nc2cccc(C(F)(F)F)c2)n1. The van der Waals surface area contributed by atoms with Crippen LogP contribution in [-0.2, 0) is 12.7 Å². The molecule has 2 N–H and O–H groups in total. The summed E-state index contributed by atoms with van der Waals surface area (Å²) in [7, 11) is 0. The van der Waals surface area contributed by atoms with Gasteiger partial charge in [-0.2, -0.15) is 41.3 Å². The van der Waals surface area contributed by atoms with Gasteiger partial charge in [-0.1, -0.05) is 18.2 Å². The molecule has 0 unspecified atom stereocenters. The Kier molecular flexibility index (Phi) is 6.94. The molecule has 36 heavy (non-hydrogen) atoms. The van der Waals surface area contributed by atoms with E-state index in [1.807, 2.05) is 24.3 Å². The van der Waals surface area contributed by atoms with Crippen molar-refractivity contribution in [2.24, 2.45) is 0 Å². The standard InChI is InChI=1S/C22H17F6N7O/c23-21(24,25)12-36-20-33-18(30-11-14-4-6-17(7-5-14)35-9-8-29-13-35)32-19(34-20)31-16-3-1-2-15(10-16)22(26,27)28/h1-10,13H,11-12H2,(H2,30,31,32,33,34). The summed E-state index contributed by atoms with van der Waals surface area (Å²) in [6, 6.07) is 10.8. The molecule has 0 bridgehead atoms. The predicted molar refractivity (Wildman–Crippen MR) is 117 cm³/mol. The summed E-state index contributed by atoms with van der Waals surface area (Å²) in [4.78, 5) is 15.6. The molecule has 4 aromatic rings. The van der Waals surface area contributed by atoms with Gasteiger partial charge in [-0.05, 0) is 35.9 Å². The first-order valence-corrected chi connectivity index (χ1v) is 10.3. The number of halogens is 6. The zero-order valence-corrected chi connectivity index (χ0v) is 18.2. The molecule has 188 valence electrons. The van der Waals surface area contributed by atoms with E-state index in [0.717, 1.165) is 23.4 Å². The van der Waals surface area contributed by atoms with E-state index in [2.05, 4.69) is 35.3 Å². The summed E-state index contributed by atoms with van der Waals surface area (Å²) in [6.45, 7) is -1.47. The molecule has 0 amide bonds. The van der Waals surface area contributed by atoms with Crippen LogP contribution < -0.4 is 15.4 Å². The van der Waals surface area contributed by atoms with Gasteiger partial charge < -0.3 is 19.9 Å². The van der Waals surface area contributed by atoms with Crippen molar-refractivity contribution in [1.82, 2.24) is 24.5 Å². The van der Waals surface area contributed by atoms with Crippen LogP contribution in [-0.4, -0.2) is 37.3 Å². The fourth-order valence-corrected chi connectivity index (χ4v) is 2.98. The first kappa shape index (κ1) is 24.8. The topological polar surface area (TPSA) is 89.8 Å². The smallest absolute Gasteiger partial charge is 0.422 e. The monoisotopic (exact) mass is 509 g/mol. The molecular formula is C22H17F6N7O. The maximum atomic E-state index is 13.0. The van der Waals surface area contributed by atoms with Gasteiger partial charge in [0.15, 0.2) is 6.61 Å². The molecular weight excluding hydrogens is 492 g/mol. The Morgan fingerprint density at radius 3 is 2.31 bits per heavy atom. The molecule has 2 aromatic carbocycles. The van der Waals surface area contributed by atoms with Crippen LogP contribution in [0.25, 0.3) is 5.69 Å². The van der Waals surface area contributed by atoms with Crippen molar-refractivity contribution in [3.8, 4) is 11.7 Å². The first-order chi connectivity index (χ1) is 17.0. The molecule has 0 atom stereocenters. The molecule has 0 fully saturated rings. The normalized spacial score (nSPS) is 11.8. The second kappa shape index (κ2) is 10.1. The number of benzene rings is 2. The average molecular weight is 509 g/mol. The van der Waals surface area contributed by atoms with E-state index in [1.165, 1.54) is 12.1 Å². The number of aromatic nitrogens is 5. The number of hydrogen-bond acceptors (Lipinski definition) is 7. The van der Waals surface area contributed by atoms with Gasteiger partial charge in [-0.25, -0.2) is 4.98 Å². The van der Waals surface area contributed by atoms with E-state index in [0.29, 0.717) is 0 Å². The van der Waals surface area contributed by atoms with Crippen LogP contribution in [0.4, 0.5) is 43.9 Å². The molecule has 0 aliphatic heterocycles. The van der Waals surface area contributed by atoms with E-state index >= 15 is 0 Å². The van der Waals surface area contributed by atoms with Gasteiger partial charge in [0.05, 0.1) is 11.9 Å². The zero-order valence-electron chi connectivity index (χ0n) is 18.2. The lowest BCUT2D eigenvalue weighted by Crippen LogP contribution is -2.21. The third-order valence-electron chi connectivity index (χ3n) is 4.62. The molecule has 4 rings (SSSR count). The van der Waals surface area contributed by atoms with E-state index < -0.39 is 30.5 Å². The molecule has 0 saturated heterocycles. The van der Waals surface area contributed by atoms with Crippen molar-refractivity contribution in [2.45, 2.75) is 18.9 Å². The van der Waals surface area contributed by atoms with Crippen molar-refractivity contribution in [2.75, 3.05) is 17.2 Å². The van der Waals surface area contributed by atoms with E-state index in [4.69, 9.17) is 0 Å². The zero-order chi connectivity index (χ0) is 25.8. The molecule has 0 radical (unpaired) electrons. The Morgan fingerprint density at radius 2 is 1.64 bits per heavy atom. The van der Waals surface area contributed by atoms with Crippen molar-refractivity contribution in [3.63, 3.8) is 0 Å². The Bertz CT molecular complexity index is 1290. The highest BCUT2D eigenvalue weighted by Gasteiger charge is 2.31. The van der Waals surface area contributed by atoms with E-state index in [1.54, 1.807) is 23.3 Å². The summed E-state index contributed by atoms with van der Waals surface area (Å²) >= 11 is 0. The maximum Gasteiger partial charge on any atom is 0.422 e. The summed E-state index contributed by atoms with van der Waals surface area (Å²) in [5.74, 6) is -0.449. The van der Waals surface area contributed by atoms with E-state index in [9.17, 15) is 26.3 Å². The number of anilines is 3. The minimum Gasteiger partial charge on any atom is -0.454 e. The number of hydrogen-bond donors (Lipinski definition) is 2. The number of nitrogens with zero attached hydrogens (tertiary/aromatic N) is 5. The summed E-state index contributed by atoms with van der Waals surface area (Å²) in [5, 5.41) is 5.40. The van der Waals surface area contributed by atoms with Crippen LogP contribution in [0.15, 0.2) is 67.3 Å². The molecule has 0 aliphatic carbocycles. The number of alkyl halides is 6. The molecule has 8 nitrogen and oxygen atoms in total. The van der Waals surface area contributed by atoms with Crippen LogP contribution in [0.5, 0.6) is 6.01 Å². The average Bonchev–Trinajstić information content (AvgIpc) is 3.36. The Balaban J connectivity index is 1.52. The summed E-state index contributed by atoms with van der Waals surface area (Å²) in [6.07, 6.45) is -4.18. The summed E-state index contributed by atoms with van der Waals surface area (Å²) in [5.41, 5.74) is 0.711. The van der Waals surface area contributed by atoms with E-state index in [-0.39, 0.29) is 24.1 Å². The van der Waals surface area contributed by atoms with Crippen molar-refractivity contribution < 1.29 is 31.1 Å². The lowest BCUT2D eigenvalue weighted by molar-refractivity contribution is -0.154. The third-order valence-corrected chi connectivity index (χ3v) is 4.62. The predicted octanol–water partition coefficient (Wildman–Crippen LogP) is 5.37. The Labute approximate surface area is 200 Å². The second-order valence-corrected chi connectivity index (χ2v) is 7.36. The van der Waals surface area contributed by atoms with Gasteiger partial charge in [-0.15, -0.1) is 0 Å². The molecule has 0 spiro atoms. The lowest BCUT2D eigenvalue weighted by Gasteiger charge is -2.13. The quantitative estimate of drug-likeness (QED) is 0.309. The molecule has 2 heterocycles. The van der Waals surface area contributed by atoms with Crippen LogP contribution in [0, 0.1) is 0 Å². The van der Waals surface area contributed by atoms with Crippen LogP contribution in [0.2, 0.25) is 0 Å². The molecule has 0 aliphatic rings. The number of nitrogens with one attached hydrogen (secondary N) is 2. The van der Waals surface area contributed by atoms with Gasteiger partial charge in [0.2, 0.25) is 11.9 Å². The number of rotatable bonds is 8. The van der Waals surface area contributed by atoms with Gasteiger partial charge in [-0.3, -0.25) is 0 Å². The minimum absolute atomic E-state index is 0.0289. The van der Waals surface area contributed by atoms with Crippen LogP contribution in [0.3, 0.4) is 0 Å². The van der Waals surface area contributed by atoms with Crippen LogP contribution in [0.1, 0.15) is 11.1 Å². The molecule has 2 aromatic heterocycles. The minimum atomic E-state index is -4.65. The fourth-order valence-electron chi connectivity index (χ4n) is 2.98. The lowest BCUT2D eigenvalue weighted by atomic mass is 10.2. The highest BCUT2D eigenvalue weighted by atomic mass is 19.4. The first-order valence-electron chi connectivity index (χ1n) is 10.3. The van der Waals surface area contributed by atoms with Gasteiger partial charge >= 0.3 is 18.4 Å². The molecule has 0 saturated carbocycles. The van der Waals surface area contributed by atoms with Crippen molar-refractivity contribution in [1.29, 1.82) is 0 Å². The van der Waals surface area contributed by atoms with Gasteiger partial charge in [0.1, 0.15) is 0 Å². The molecule has 14 heteroatoms. The van der Waals surface area contributed by atoms with Crippen molar-refractivity contribution in [3.05, 3.63) is 78.4 Å². The Morgan fingerprint density at radius 1 is 0.889 bits per heavy atom. The summed E-state index contributed by atoms with van der Waals surface area (Å²) < 4.78 is 83.3.